The van der Waals surface area contributed by atoms with Gasteiger partial charge in [-0.05, 0) is 49.6 Å². The Hall–Kier alpha value is -2.36. The third kappa shape index (κ3) is 5.07. The second kappa shape index (κ2) is 9.37. The highest BCUT2D eigenvalue weighted by Crippen LogP contribution is 2.18. The SMILES string of the molecule is Cn1cncc1CN(CCNCC1CCOCC1)c1ccc(C#N)cc1. The lowest BCUT2D eigenvalue weighted by atomic mass is 10.0. The molecule has 0 amide bonds. The minimum absolute atomic E-state index is 0.687. The van der Waals surface area contributed by atoms with Gasteiger partial charge in [0.25, 0.3) is 0 Å². The number of hydrogen-bond acceptors (Lipinski definition) is 5. The molecule has 1 aromatic carbocycles. The van der Waals surface area contributed by atoms with Gasteiger partial charge in [-0.15, -0.1) is 0 Å². The van der Waals surface area contributed by atoms with Crippen LogP contribution in [0.3, 0.4) is 0 Å². The molecular weight excluding hydrogens is 326 g/mol. The number of imidazole rings is 1. The van der Waals surface area contributed by atoms with Crippen LogP contribution in [0.15, 0.2) is 36.8 Å². The van der Waals surface area contributed by atoms with E-state index in [0.29, 0.717) is 5.56 Å². The van der Waals surface area contributed by atoms with Crippen molar-refractivity contribution in [3.05, 3.63) is 48.0 Å². The van der Waals surface area contributed by atoms with Crippen molar-refractivity contribution >= 4 is 5.69 Å². The fourth-order valence-corrected chi connectivity index (χ4v) is 3.25. The second-order valence-corrected chi connectivity index (χ2v) is 6.84. The molecule has 0 unspecified atom stereocenters. The molecule has 26 heavy (non-hydrogen) atoms. The van der Waals surface area contributed by atoms with Crippen molar-refractivity contribution in [1.29, 1.82) is 5.26 Å². The number of ether oxygens (including phenoxy) is 1. The van der Waals surface area contributed by atoms with Gasteiger partial charge >= 0.3 is 0 Å². The van der Waals surface area contributed by atoms with Crippen molar-refractivity contribution in [3.8, 4) is 6.07 Å². The summed E-state index contributed by atoms with van der Waals surface area (Å²) < 4.78 is 7.47. The quantitative estimate of drug-likeness (QED) is 0.738. The van der Waals surface area contributed by atoms with E-state index >= 15 is 0 Å². The summed E-state index contributed by atoms with van der Waals surface area (Å²) in [5.74, 6) is 0.726. The molecular formula is C20H27N5O. The summed E-state index contributed by atoms with van der Waals surface area (Å²) >= 11 is 0. The summed E-state index contributed by atoms with van der Waals surface area (Å²) in [7, 11) is 2.02. The number of aromatic nitrogens is 2. The normalized spacial score (nSPS) is 14.9. The summed E-state index contributed by atoms with van der Waals surface area (Å²) in [4.78, 5) is 6.55. The van der Waals surface area contributed by atoms with Gasteiger partial charge in [0.15, 0.2) is 0 Å². The standard InChI is InChI=1S/C20H27N5O/c1-24-16-23-14-20(24)15-25(19-4-2-17(12-21)3-5-19)9-8-22-13-18-6-10-26-11-7-18/h2-5,14,16,18,22H,6-11,13,15H2,1H3. The second-order valence-electron chi connectivity index (χ2n) is 6.84. The van der Waals surface area contributed by atoms with Crippen LogP contribution in [0.25, 0.3) is 0 Å². The van der Waals surface area contributed by atoms with Crippen molar-refractivity contribution in [2.24, 2.45) is 13.0 Å². The third-order valence-corrected chi connectivity index (χ3v) is 4.96. The van der Waals surface area contributed by atoms with Crippen molar-refractivity contribution in [3.63, 3.8) is 0 Å². The van der Waals surface area contributed by atoms with Crippen LogP contribution < -0.4 is 10.2 Å². The van der Waals surface area contributed by atoms with Crippen LogP contribution in [0, 0.1) is 17.2 Å². The Morgan fingerprint density at radius 3 is 2.73 bits per heavy atom. The minimum atomic E-state index is 0.687. The van der Waals surface area contributed by atoms with E-state index in [1.54, 1.807) is 0 Å². The number of hydrogen-bond donors (Lipinski definition) is 1. The van der Waals surface area contributed by atoms with E-state index in [2.05, 4.69) is 21.3 Å². The van der Waals surface area contributed by atoms with Gasteiger partial charge in [-0.3, -0.25) is 0 Å². The van der Waals surface area contributed by atoms with E-state index in [9.17, 15) is 0 Å². The predicted octanol–water partition coefficient (Wildman–Crippen LogP) is 2.31. The summed E-state index contributed by atoms with van der Waals surface area (Å²) in [6.07, 6.45) is 6.05. The van der Waals surface area contributed by atoms with Crippen LogP contribution in [0.5, 0.6) is 0 Å². The maximum absolute atomic E-state index is 9.01. The molecule has 0 aliphatic carbocycles. The molecule has 0 radical (unpaired) electrons. The molecule has 1 aliphatic heterocycles. The van der Waals surface area contributed by atoms with Gasteiger partial charge in [-0.2, -0.15) is 5.26 Å². The van der Waals surface area contributed by atoms with Gasteiger partial charge in [0.05, 0.1) is 30.2 Å². The fourth-order valence-electron chi connectivity index (χ4n) is 3.25. The van der Waals surface area contributed by atoms with Crippen molar-refractivity contribution < 1.29 is 4.74 Å². The van der Waals surface area contributed by atoms with Crippen molar-refractivity contribution in [1.82, 2.24) is 14.9 Å². The molecule has 1 fully saturated rings. The van der Waals surface area contributed by atoms with Crippen LogP contribution in [0.4, 0.5) is 5.69 Å². The maximum atomic E-state index is 9.01. The zero-order valence-corrected chi connectivity index (χ0v) is 15.4. The zero-order chi connectivity index (χ0) is 18.2. The maximum Gasteiger partial charge on any atom is 0.0991 e. The predicted molar refractivity (Wildman–Crippen MR) is 102 cm³/mol. The zero-order valence-electron chi connectivity index (χ0n) is 15.4. The monoisotopic (exact) mass is 353 g/mol. The van der Waals surface area contributed by atoms with Gasteiger partial charge < -0.3 is 19.5 Å². The van der Waals surface area contributed by atoms with Crippen LogP contribution in [0.1, 0.15) is 24.1 Å². The molecule has 2 aromatic rings. The van der Waals surface area contributed by atoms with Gasteiger partial charge in [0.2, 0.25) is 0 Å². The van der Waals surface area contributed by atoms with Crippen molar-refractivity contribution in [2.75, 3.05) is 37.7 Å². The van der Waals surface area contributed by atoms with E-state index in [1.165, 1.54) is 5.69 Å². The Labute approximate surface area is 155 Å². The van der Waals surface area contributed by atoms with Gasteiger partial charge in [0.1, 0.15) is 0 Å². The molecule has 6 nitrogen and oxygen atoms in total. The Morgan fingerprint density at radius 1 is 1.31 bits per heavy atom. The highest BCUT2D eigenvalue weighted by atomic mass is 16.5. The Bertz CT molecular complexity index is 713. The summed E-state index contributed by atoms with van der Waals surface area (Å²) in [5.41, 5.74) is 2.98. The molecule has 0 saturated carbocycles. The smallest absolute Gasteiger partial charge is 0.0991 e. The van der Waals surface area contributed by atoms with Crippen LogP contribution in [0.2, 0.25) is 0 Å². The summed E-state index contributed by atoms with van der Waals surface area (Å²) in [5, 5.41) is 12.6. The number of nitrogens with zero attached hydrogens (tertiary/aromatic N) is 4. The lowest BCUT2D eigenvalue weighted by Gasteiger charge is -2.26. The number of benzene rings is 1. The molecule has 3 rings (SSSR count). The Morgan fingerprint density at radius 2 is 2.08 bits per heavy atom. The largest absolute Gasteiger partial charge is 0.381 e. The molecule has 0 bridgehead atoms. The van der Waals surface area contributed by atoms with E-state index in [0.717, 1.165) is 63.8 Å². The lowest BCUT2D eigenvalue weighted by molar-refractivity contribution is 0.0664. The molecule has 1 N–H and O–H groups in total. The summed E-state index contributed by atoms with van der Waals surface area (Å²) in [6.45, 7) is 5.46. The first-order chi connectivity index (χ1) is 12.8. The lowest BCUT2D eigenvalue weighted by Crippen LogP contribution is -2.35. The Balaban J connectivity index is 1.58. The number of rotatable bonds is 8. The molecule has 6 heteroatoms. The highest BCUT2D eigenvalue weighted by Gasteiger charge is 2.14. The van der Waals surface area contributed by atoms with Gasteiger partial charge in [-0.1, -0.05) is 0 Å². The number of aryl methyl sites for hydroxylation is 1. The molecule has 1 aromatic heterocycles. The van der Waals surface area contributed by atoms with Crippen LogP contribution in [-0.2, 0) is 18.3 Å². The molecule has 0 atom stereocenters. The van der Waals surface area contributed by atoms with E-state index < -0.39 is 0 Å². The highest BCUT2D eigenvalue weighted by molar-refractivity contribution is 5.49. The molecule has 0 spiro atoms. The summed E-state index contributed by atoms with van der Waals surface area (Å²) in [6, 6.07) is 9.98. The minimum Gasteiger partial charge on any atom is -0.381 e. The first kappa shape index (κ1) is 18.4. The van der Waals surface area contributed by atoms with E-state index in [-0.39, 0.29) is 0 Å². The molecule has 2 heterocycles. The van der Waals surface area contributed by atoms with Gasteiger partial charge in [-0.25, -0.2) is 4.98 Å². The van der Waals surface area contributed by atoms with E-state index in [4.69, 9.17) is 10.00 Å². The van der Waals surface area contributed by atoms with E-state index in [1.807, 2.05) is 48.4 Å². The number of nitrogens with one attached hydrogen (secondary N) is 1. The average molecular weight is 353 g/mol. The molecule has 1 aliphatic rings. The van der Waals surface area contributed by atoms with Crippen LogP contribution in [-0.4, -0.2) is 42.4 Å². The van der Waals surface area contributed by atoms with Gasteiger partial charge in [0, 0.05) is 45.2 Å². The first-order valence-corrected chi connectivity index (χ1v) is 9.25. The van der Waals surface area contributed by atoms with Crippen LogP contribution >= 0.6 is 0 Å². The molecule has 138 valence electrons. The fraction of sp³-hybridized carbons (Fsp3) is 0.500. The topological polar surface area (TPSA) is 66.1 Å². The Kier molecular flexibility index (Phi) is 6.64. The third-order valence-electron chi connectivity index (χ3n) is 4.96. The number of anilines is 1. The van der Waals surface area contributed by atoms with Crippen molar-refractivity contribution in [2.45, 2.75) is 19.4 Å². The number of nitriles is 1. The average Bonchev–Trinajstić information content (AvgIpc) is 3.10. The first-order valence-electron chi connectivity index (χ1n) is 9.25. The molecule has 1 saturated heterocycles.